The summed E-state index contributed by atoms with van der Waals surface area (Å²) in [7, 11) is 0. The zero-order valence-corrected chi connectivity index (χ0v) is 15.4. The van der Waals surface area contributed by atoms with E-state index in [9.17, 15) is 9.59 Å². The Labute approximate surface area is 155 Å². The Balaban J connectivity index is 1.40. The number of benzene rings is 1. The molecule has 2 fully saturated rings. The summed E-state index contributed by atoms with van der Waals surface area (Å²) in [4.78, 5) is 27.9. The highest BCUT2D eigenvalue weighted by Crippen LogP contribution is 2.19. The van der Waals surface area contributed by atoms with Crippen molar-refractivity contribution in [3.8, 4) is 0 Å². The number of nitrogens with one attached hydrogen (secondary N) is 1. The summed E-state index contributed by atoms with van der Waals surface area (Å²) in [6.45, 7) is 5.08. The van der Waals surface area contributed by atoms with Gasteiger partial charge in [-0.1, -0.05) is 30.3 Å². The molecule has 142 valence electrons. The second-order valence-electron chi connectivity index (χ2n) is 7.58. The van der Waals surface area contributed by atoms with Gasteiger partial charge in [-0.2, -0.15) is 0 Å². The molecule has 1 aromatic rings. The van der Waals surface area contributed by atoms with Gasteiger partial charge in [-0.15, -0.1) is 0 Å². The number of hydrogen-bond acceptors (Lipinski definition) is 3. The first-order valence-corrected chi connectivity index (χ1v) is 9.70. The molecule has 2 aliphatic heterocycles. The first-order valence-electron chi connectivity index (χ1n) is 9.70. The average Bonchev–Trinajstić information content (AvgIpc) is 2.67. The Morgan fingerprint density at radius 3 is 2.50 bits per heavy atom. The molecule has 0 unspecified atom stereocenters. The number of nitrogens with zero attached hydrogens (tertiary/aromatic N) is 2. The summed E-state index contributed by atoms with van der Waals surface area (Å²) in [5.74, 6) is 0.175. The van der Waals surface area contributed by atoms with Crippen molar-refractivity contribution in [2.45, 2.75) is 32.2 Å². The van der Waals surface area contributed by atoms with E-state index in [1.54, 1.807) is 0 Å². The van der Waals surface area contributed by atoms with Crippen LogP contribution in [0.4, 0.5) is 4.79 Å². The van der Waals surface area contributed by atoms with E-state index in [1.807, 2.05) is 11.0 Å². The molecule has 0 aliphatic carbocycles. The summed E-state index contributed by atoms with van der Waals surface area (Å²) in [6, 6.07) is 10.5. The number of carbonyl (C=O) groups excluding carboxylic acids is 2. The normalized spacial score (nSPS) is 22.2. The summed E-state index contributed by atoms with van der Waals surface area (Å²) in [5, 5.41) is 3.09. The van der Waals surface area contributed by atoms with Gasteiger partial charge in [-0.05, 0) is 43.7 Å². The molecule has 3 rings (SSSR count). The SMILES string of the molecule is NC(=O)C1CCN(C(=O)NC[C@@H]2CCCN(Cc3ccccc3)C2)CC1. The second-order valence-corrected chi connectivity index (χ2v) is 7.58. The molecular formula is C20H30N4O2. The van der Waals surface area contributed by atoms with Crippen LogP contribution in [0.5, 0.6) is 0 Å². The third kappa shape index (κ3) is 5.21. The van der Waals surface area contributed by atoms with Gasteiger partial charge < -0.3 is 16.0 Å². The van der Waals surface area contributed by atoms with Crippen LogP contribution in [0.25, 0.3) is 0 Å². The Bertz CT molecular complexity index is 599. The topological polar surface area (TPSA) is 78.7 Å². The number of amides is 3. The smallest absolute Gasteiger partial charge is 0.317 e. The summed E-state index contributed by atoms with van der Waals surface area (Å²) in [6.07, 6.45) is 3.70. The van der Waals surface area contributed by atoms with Gasteiger partial charge in [0, 0.05) is 38.6 Å². The molecular weight excluding hydrogens is 328 g/mol. The maximum Gasteiger partial charge on any atom is 0.317 e. The van der Waals surface area contributed by atoms with E-state index in [4.69, 9.17) is 5.73 Å². The van der Waals surface area contributed by atoms with E-state index >= 15 is 0 Å². The quantitative estimate of drug-likeness (QED) is 0.842. The first-order chi connectivity index (χ1) is 12.6. The number of likely N-dealkylation sites (tertiary alicyclic amines) is 2. The lowest BCUT2D eigenvalue weighted by molar-refractivity contribution is -0.123. The van der Waals surface area contributed by atoms with Gasteiger partial charge in [0.1, 0.15) is 0 Å². The van der Waals surface area contributed by atoms with Gasteiger partial charge in [0.05, 0.1) is 0 Å². The van der Waals surface area contributed by atoms with Crippen LogP contribution < -0.4 is 11.1 Å². The third-order valence-corrected chi connectivity index (χ3v) is 5.58. The van der Waals surface area contributed by atoms with Crippen molar-refractivity contribution in [2.24, 2.45) is 17.6 Å². The fourth-order valence-electron chi connectivity index (χ4n) is 4.01. The summed E-state index contributed by atoms with van der Waals surface area (Å²) < 4.78 is 0. The third-order valence-electron chi connectivity index (χ3n) is 5.58. The highest BCUT2D eigenvalue weighted by Gasteiger charge is 2.26. The fraction of sp³-hybridized carbons (Fsp3) is 0.600. The van der Waals surface area contributed by atoms with E-state index in [1.165, 1.54) is 12.0 Å². The molecule has 6 heteroatoms. The molecule has 2 saturated heterocycles. The number of carbonyl (C=O) groups is 2. The Morgan fingerprint density at radius 1 is 1.08 bits per heavy atom. The Morgan fingerprint density at radius 2 is 1.81 bits per heavy atom. The standard InChI is InChI=1S/C20H30N4O2/c21-19(25)18-8-11-24(12-9-18)20(26)22-13-17-7-4-10-23(15-17)14-16-5-2-1-3-6-16/h1-3,5-6,17-18H,4,7-15H2,(H2,21,25)(H,22,26)/t17-/m0/s1. The molecule has 3 amide bonds. The minimum absolute atomic E-state index is 0.00639. The fourth-order valence-corrected chi connectivity index (χ4v) is 4.01. The van der Waals surface area contributed by atoms with Crippen molar-refractivity contribution in [2.75, 3.05) is 32.7 Å². The van der Waals surface area contributed by atoms with Gasteiger partial charge in [-0.3, -0.25) is 9.69 Å². The van der Waals surface area contributed by atoms with E-state index < -0.39 is 0 Å². The van der Waals surface area contributed by atoms with Gasteiger partial charge in [0.15, 0.2) is 0 Å². The monoisotopic (exact) mass is 358 g/mol. The average molecular weight is 358 g/mol. The van der Waals surface area contributed by atoms with E-state index in [-0.39, 0.29) is 17.9 Å². The van der Waals surface area contributed by atoms with Crippen LogP contribution >= 0.6 is 0 Å². The van der Waals surface area contributed by atoms with Gasteiger partial charge >= 0.3 is 6.03 Å². The van der Waals surface area contributed by atoms with E-state index in [0.717, 1.165) is 32.6 Å². The van der Waals surface area contributed by atoms with E-state index in [0.29, 0.717) is 31.8 Å². The number of hydrogen-bond donors (Lipinski definition) is 2. The van der Waals surface area contributed by atoms with Crippen molar-refractivity contribution >= 4 is 11.9 Å². The zero-order chi connectivity index (χ0) is 18.4. The second kappa shape index (κ2) is 9.03. The van der Waals surface area contributed by atoms with Crippen molar-refractivity contribution in [1.82, 2.24) is 15.1 Å². The lowest BCUT2D eigenvalue weighted by Gasteiger charge is -2.34. The van der Waals surface area contributed by atoms with Crippen LogP contribution in [0.15, 0.2) is 30.3 Å². The number of nitrogens with two attached hydrogens (primary N) is 1. The predicted octanol–water partition coefficient (Wildman–Crippen LogP) is 1.81. The number of primary amides is 1. The molecule has 2 aliphatic rings. The molecule has 0 bridgehead atoms. The highest BCUT2D eigenvalue weighted by molar-refractivity contribution is 5.78. The van der Waals surface area contributed by atoms with Crippen molar-refractivity contribution in [3.63, 3.8) is 0 Å². The minimum atomic E-state index is -0.245. The molecule has 0 radical (unpaired) electrons. The number of piperidine rings is 2. The van der Waals surface area contributed by atoms with Crippen LogP contribution in [-0.4, -0.2) is 54.5 Å². The molecule has 3 N–H and O–H groups in total. The largest absolute Gasteiger partial charge is 0.369 e. The molecule has 26 heavy (non-hydrogen) atoms. The molecule has 6 nitrogen and oxygen atoms in total. The predicted molar refractivity (Wildman–Crippen MR) is 101 cm³/mol. The van der Waals surface area contributed by atoms with Crippen molar-refractivity contribution in [1.29, 1.82) is 0 Å². The van der Waals surface area contributed by atoms with Crippen LogP contribution in [0, 0.1) is 11.8 Å². The van der Waals surface area contributed by atoms with Gasteiger partial charge in [0.25, 0.3) is 0 Å². The van der Waals surface area contributed by atoms with Crippen molar-refractivity contribution in [3.05, 3.63) is 35.9 Å². The molecule has 0 aromatic heterocycles. The van der Waals surface area contributed by atoms with Crippen LogP contribution in [0.2, 0.25) is 0 Å². The first kappa shape index (κ1) is 18.7. The van der Waals surface area contributed by atoms with Gasteiger partial charge in [0.2, 0.25) is 5.91 Å². The van der Waals surface area contributed by atoms with Crippen LogP contribution in [-0.2, 0) is 11.3 Å². The summed E-state index contributed by atoms with van der Waals surface area (Å²) in [5.41, 5.74) is 6.69. The Kier molecular flexibility index (Phi) is 6.50. The van der Waals surface area contributed by atoms with Crippen LogP contribution in [0.1, 0.15) is 31.2 Å². The lowest BCUT2D eigenvalue weighted by Crippen LogP contribution is -2.48. The molecule has 0 spiro atoms. The lowest BCUT2D eigenvalue weighted by atomic mass is 9.96. The molecule has 0 saturated carbocycles. The molecule has 1 atom stereocenters. The van der Waals surface area contributed by atoms with Gasteiger partial charge in [-0.25, -0.2) is 4.79 Å². The maximum absolute atomic E-state index is 12.4. The molecule has 2 heterocycles. The van der Waals surface area contributed by atoms with Crippen LogP contribution in [0.3, 0.4) is 0 Å². The maximum atomic E-state index is 12.4. The number of rotatable bonds is 5. The van der Waals surface area contributed by atoms with E-state index in [2.05, 4.69) is 34.5 Å². The Hall–Kier alpha value is -2.08. The minimum Gasteiger partial charge on any atom is -0.369 e. The van der Waals surface area contributed by atoms with Crippen molar-refractivity contribution < 1.29 is 9.59 Å². The summed E-state index contributed by atoms with van der Waals surface area (Å²) >= 11 is 0. The molecule has 1 aromatic carbocycles. The zero-order valence-electron chi connectivity index (χ0n) is 15.4. The number of urea groups is 1. The highest BCUT2D eigenvalue weighted by atomic mass is 16.2.